The van der Waals surface area contributed by atoms with E-state index < -0.39 is 22.8 Å². The number of carbonyl (C=O) groups excluding carboxylic acids is 3. The van der Waals surface area contributed by atoms with E-state index in [1.807, 2.05) is 132 Å². The molecule has 11 heteroatoms. The molecule has 0 unspecified atom stereocenters. The van der Waals surface area contributed by atoms with Gasteiger partial charge in [-0.3, -0.25) is 29.4 Å². The number of hydrogen-bond acceptors (Lipinski definition) is 6. The number of benzene rings is 5. The van der Waals surface area contributed by atoms with Gasteiger partial charge in [-0.25, -0.2) is 0 Å². The van der Waals surface area contributed by atoms with Gasteiger partial charge < -0.3 is 9.88 Å². The number of nitro benzene ring substituents is 1. The fourth-order valence-corrected chi connectivity index (χ4v) is 7.70. The van der Waals surface area contributed by atoms with Gasteiger partial charge in [-0.2, -0.15) is 4.99 Å². The standard InChI is InChI=1S/C49H39N5O5S/c1-3-5-26-39(4-2)53-48(57)42(47(56)51-49(53)60-33-44(55)50-45(35-20-12-7-13-21-35)36-22-14-8-15-23-36)31-38-32-43(34-18-10-6-11-19-34)52(46(38)37-24-16-9-17-25-37)40-27-29-41(30-28-40)54(58)59/h3-32,45H,1,33H2,2H3,(H,50,55)/b26-5-,39-4+,42-31-. The Bertz CT molecular complexity index is 2630. The third-order valence-electron chi connectivity index (χ3n) is 9.68. The molecule has 1 aromatic heterocycles. The topological polar surface area (TPSA) is 127 Å². The van der Waals surface area contributed by atoms with Gasteiger partial charge in [0.05, 0.1) is 28.1 Å². The van der Waals surface area contributed by atoms with Crippen LogP contribution >= 0.6 is 11.8 Å². The lowest BCUT2D eigenvalue weighted by atomic mass is 9.99. The smallest absolute Gasteiger partial charge is 0.285 e. The summed E-state index contributed by atoms with van der Waals surface area (Å²) in [5.41, 5.74) is 6.12. The van der Waals surface area contributed by atoms with Gasteiger partial charge in [-0.15, -0.1) is 0 Å². The Kier molecular flexibility index (Phi) is 12.7. The molecule has 0 fully saturated rings. The van der Waals surface area contributed by atoms with Crippen molar-refractivity contribution >= 4 is 46.4 Å². The highest BCUT2D eigenvalue weighted by Gasteiger charge is 2.36. The molecule has 3 amide bonds. The summed E-state index contributed by atoms with van der Waals surface area (Å²) in [5.74, 6) is -1.85. The van der Waals surface area contributed by atoms with E-state index in [0.29, 0.717) is 22.6 Å². The molecule has 60 heavy (non-hydrogen) atoms. The second-order valence-corrected chi connectivity index (χ2v) is 14.4. The average molecular weight is 810 g/mol. The number of amidine groups is 1. The normalized spacial score (nSPS) is 13.8. The number of carbonyl (C=O) groups is 3. The molecule has 1 aliphatic heterocycles. The molecule has 0 saturated heterocycles. The van der Waals surface area contributed by atoms with Gasteiger partial charge in [0.1, 0.15) is 5.57 Å². The van der Waals surface area contributed by atoms with E-state index in [2.05, 4.69) is 16.9 Å². The molecule has 10 nitrogen and oxygen atoms in total. The number of aliphatic imine (C=N–C) groups is 1. The molecule has 1 N–H and O–H groups in total. The van der Waals surface area contributed by atoms with Crippen LogP contribution in [0.25, 0.3) is 34.3 Å². The highest BCUT2D eigenvalue weighted by Crippen LogP contribution is 2.38. The predicted molar refractivity (Wildman–Crippen MR) is 239 cm³/mol. The third-order valence-corrected chi connectivity index (χ3v) is 10.6. The van der Waals surface area contributed by atoms with E-state index in [4.69, 9.17) is 0 Å². The van der Waals surface area contributed by atoms with Crippen molar-refractivity contribution < 1.29 is 19.3 Å². The average Bonchev–Trinajstić information content (AvgIpc) is 3.67. The maximum Gasteiger partial charge on any atom is 0.285 e. The molecule has 7 rings (SSSR count). The number of rotatable bonds is 13. The summed E-state index contributed by atoms with van der Waals surface area (Å²) in [4.78, 5) is 59.5. The minimum absolute atomic E-state index is 0.0480. The first-order valence-corrected chi connectivity index (χ1v) is 20.0. The summed E-state index contributed by atoms with van der Waals surface area (Å²) < 4.78 is 1.96. The first kappa shape index (κ1) is 40.6. The van der Waals surface area contributed by atoms with Crippen LogP contribution in [-0.4, -0.2) is 43.0 Å². The molecule has 0 spiro atoms. The number of nitrogens with one attached hydrogen (secondary N) is 1. The van der Waals surface area contributed by atoms with Gasteiger partial charge in [0.15, 0.2) is 5.17 Å². The van der Waals surface area contributed by atoms with Gasteiger partial charge in [0.2, 0.25) is 5.91 Å². The molecule has 0 bridgehead atoms. The molecule has 0 radical (unpaired) electrons. The minimum atomic E-state index is -0.767. The SMILES string of the molecule is C=C/C=C\C(=C/C)N1C(=O)/C(=C\c2cc(-c3ccccc3)n(-c3ccc([N+](=O)[O-])cc3)c2-c2ccccc2)C(=O)N=C1SCC(=O)NC(c1ccccc1)c1ccccc1. The highest BCUT2D eigenvalue weighted by atomic mass is 32.2. The lowest BCUT2D eigenvalue weighted by Crippen LogP contribution is -2.42. The molecule has 6 aromatic rings. The van der Waals surface area contributed by atoms with Gasteiger partial charge in [0, 0.05) is 29.1 Å². The highest BCUT2D eigenvalue weighted by molar-refractivity contribution is 8.14. The fourth-order valence-electron chi connectivity index (χ4n) is 6.89. The second-order valence-electron chi connectivity index (χ2n) is 13.5. The van der Waals surface area contributed by atoms with E-state index in [1.165, 1.54) is 17.0 Å². The maximum absolute atomic E-state index is 14.8. The fraction of sp³-hybridized carbons (Fsp3) is 0.0612. The summed E-state index contributed by atoms with van der Waals surface area (Å²) in [7, 11) is 0. The maximum atomic E-state index is 14.8. The van der Waals surface area contributed by atoms with E-state index in [-0.39, 0.29) is 28.1 Å². The Balaban J connectivity index is 1.31. The summed E-state index contributed by atoms with van der Waals surface area (Å²) in [6.07, 6.45) is 8.19. The van der Waals surface area contributed by atoms with Crippen molar-refractivity contribution in [3.05, 3.63) is 221 Å². The Morgan fingerprint density at radius 3 is 1.95 bits per heavy atom. The number of nitrogens with zero attached hydrogens (tertiary/aromatic N) is 4. The molecule has 296 valence electrons. The molecule has 0 aliphatic carbocycles. The van der Waals surface area contributed by atoms with E-state index >= 15 is 0 Å². The van der Waals surface area contributed by atoms with Crippen LogP contribution in [0.15, 0.2) is 199 Å². The van der Waals surface area contributed by atoms with Crippen molar-refractivity contribution in [2.45, 2.75) is 13.0 Å². The quantitative estimate of drug-likeness (QED) is 0.0407. The van der Waals surface area contributed by atoms with Crippen molar-refractivity contribution in [2.75, 3.05) is 5.75 Å². The summed E-state index contributed by atoms with van der Waals surface area (Å²) in [6.45, 7) is 5.54. The minimum Gasteiger partial charge on any atom is -0.344 e. The van der Waals surface area contributed by atoms with Crippen LogP contribution in [0.4, 0.5) is 5.69 Å². The summed E-state index contributed by atoms with van der Waals surface area (Å²) >= 11 is 0.986. The van der Waals surface area contributed by atoms with Crippen LogP contribution in [0, 0.1) is 10.1 Å². The third kappa shape index (κ3) is 8.91. The zero-order valence-electron chi connectivity index (χ0n) is 32.6. The lowest BCUT2D eigenvalue weighted by molar-refractivity contribution is -0.384. The van der Waals surface area contributed by atoms with Crippen LogP contribution in [0.1, 0.15) is 29.7 Å². The van der Waals surface area contributed by atoms with Crippen molar-refractivity contribution in [2.24, 2.45) is 4.99 Å². The number of non-ortho nitro benzene ring substituents is 1. The van der Waals surface area contributed by atoms with E-state index in [0.717, 1.165) is 39.7 Å². The van der Waals surface area contributed by atoms with Gasteiger partial charge in [-0.1, -0.05) is 158 Å². The van der Waals surface area contributed by atoms with Crippen LogP contribution in [0.2, 0.25) is 0 Å². The predicted octanol–water partition coefficient (Wildman–Crippen LogP) is 10.1. The number of allylic oxidation sites excluding steroid dienone is 4. The van der Waals surface area contributed by atoms with Crippen LogP contribution in [0.3, 0.4) is 0 Å². The van der Waals surface area contributed by atoms with Gasteiger partial charge in [-0.05, 0) is 59.5 Å². The zero-order valence-corrected chi connectivity index (χ0v) is 33.4. The molecule has 5 aromatic carbocycles. The second kappa shape index (κ2) is 18.8. The molecule has 0 atom stereocenters. The lowest BCUT2D eigenvalue weighted by Gasteiger charge is -2.28. The van der Waals surface area contributed by atoms with E-state index in [9.17, 15) is 24.5 Å². The number of hydrogen-bond donors (Lipinski definition) is 1. The van der Waals surface area contributed by atoms with Crippen LogP contribution in [-0.2, 0) is 14.4 Å². The van der Waals surface area contributed by atoms with Crippen molar-refractivity contribution in [3.63, 3.8) is 0 Å². The Morgan fingerprint density at radius 2 is 1.40 bits per heavy atom. The molecule has 0 saturated carbocycles. The zero-order chi connectivity index (χ0) is 42.0. The van der Waals surface area contributed by atoms with Crippen LogP contribution in [0.5, 0.6) is 0 Å². The Morgan fingerprint density at radius 1 is 0.833 bits per heavy atom. The Hall–Kier alpha value is -7.63. The van der Waals surface area contributed by atoms with Gasteiger partial charge >= 0.3 is 0 Å². The number of amides is 3. The van der Waals surface area contributed by atoms with Crippen molar-refractivity contribution in [1.82, 2.24) is 14.8 Å². The number of aromatic nitrogens is 1. The molecular weight excluding hydrogens is 771 g/mol. The van der Waals surface area contributed by atoms with Crippen LogP contribution < -0.4 is 5.32 Å². The first-order valence-electron chi connectivity index (χ1n) is 19.1. The van der Waals surface area contributed by atoms with Gasteiger partial charge in [0.25, 0.3) is 17.5 Å². The number of thioether (sulfide) groups is 1. The van der Waals surface area contributed by atoms with Crippen molar-refractivity contribution in [3.8, 4) is 28.2 Å². The summed E-state index contributed by atoms with van der Waals surface area (Å²) in [6, 6.07) is 46.0. The number of nitro groups is 1. The first-order chi connectivity index (χ1) is 29.3. The molecule has 2 heterocycles. The summed E-state index contributed by atoms with van der Waals surface area (Å²) in [5, 5.41) is 14.8. The largest absolute Gasteiger partial charge is 0.344 e. The monoisotopic (exact) mass is 809 g/mol. The molecule has 1 aliphatic rings. The van der Waals surface area contributed by atoms with E-state index in [1.54, 1.807) is 49.4 Å². The van der Waals surface area contributed by atoms with Crippen molar-refractivity contribution in [1.29, 1.82) is 0 Å². The Labute approximate surface area is 351 Å². The molecular formula is C49H39N5O5S.